The van der Waals surface area contributed by atoms with E-state index in [1.807, 2.05) is 31.2 Å². The third-order valence-electron chi connectivity index (χ3n) is 3.90. The molecule has 1 fully saturated rings. The van der Waals surface area contributed by atoms with E-state index >= 15 is 0 Å². The smallest absolute Gasteiger partial charge is 0.125 e. The third kappa shape index (κ3) is 2.97. The van der Waals surface area contributed by atoms with Crippen LogP contribution in [0.3, 0.4) is 0 Å². The van der Waals surface area contributed by atoms with Crippen molar-refractivity contribution in [2.75, 3.05) is 5.32 Å². The number of nitriles is 1. The quantitative estimate of drug-likeness (QED) is 0.863. The molecule has 1 atom stereocenters. The highest BCUT2D eigenvalue weighted by molar-refractivity contribution is 6.30. The maximum atomic E-state index is 9.51. The number of halogens is 1. The molecule has 0 aliphatic heterocycles. The molecule has 1 saturated carbocycles. The molecule has 1 aromatic rings. The lowest BCUT2D eigenvalue weighted by molar-refractivity contribution is 0.286. The number of nitrogens with zero attached hydrogens (tertiary/aromatic N) is 1. The van der Waals surface area contributed by atoms with Crippen LogP contribution in [0.4, 0.5) is 5.69 Å². The summed E-state index contributed by atoms with van der Waals surface area (Å²) < 4.78 is 0. The highest BCUT2D eigenvalue weighted by Crippen LogP contribution is 2.34. The summed E-state index contributed by atoms with van der Waals surface area (Å²) >= 11 is 5.87. The van der Waals surface area contributed by atoms with Gasteiger partial charge in [-0.15, -0.1) is 0 Å². The molecule has 2 nitrogen and oxygen atoms in total. The Morgan fingerprint density at radius 2 is 1.83 bits per heavy atom. The van der Waals surface area contributed by atoms with E-state index in [2.05, 4.69) is 11.4 Å². The zero-order valence-corrected chi connectivity index (χ0v) is 11.5. The minimum Gasteiger partial charge on any atom is -0.367 e. The van der Waals surface area contributed by atoms with Gasteiger partial charge in [-0.05, 0) is 49.9 Å². The number of benzene rings is 1. The first-order valence-corrected chi connectivity index (χ1v) is 6.97. The van der Waals surface area contributed by atoms with Gasteiger partial charge in [-0.25, -0.2) is 0 Å². The van der Waals surface area contributed by atoms with Crippen LogP contribution in [-0.4, -0.2) is 5.54 Å². The highest BCUT2D eigenvalue weighted by Gasteiger charge is 2.34. The van der Waals surface area contributed by atoms with Crippen molar-refractivity contribution in [2.45, 2.75) is 44.6 Å². The first-order valence-electron chi connectivity index (χ1n) is 6.59. The fraction of sp³-hybridized carbons (Fsp3) is 0.533. The second-order valence-electron chi connectivity index (χ2n) is 5.28. The fourth-order valence-corrected chi connectivity index (χ4v) is 2.86. The Labute approximate surface area is 114 Å². The van der Waals surface area contributed by atoms with Crippen LogP contribution in [0.1, 0.15) is 39.0 Å². The SMILES string of the molecule is CC(C#N)(Nc1ccc(Cl)cc1)C1CCCCC1. The monoisotopic (exact) mass is 262 g/mol. The molecule has 0 bridgehead atoms. The van der Waals surface area contributed by atoms with Crippen molar-refractivity contribution in [3.05, 3.63) is 29.3 Å². The van der Waals surface area contributed by atoms with Crippen LogP contribution in [0.5, 0.6) is 0 Å². The van der Waals surface area contributed by atoms with Crippen LogP contribution in [0.2, 0.25) is 5.02 Å². The Kier molecular flexibility index (Phi) is 4.14. The van der Waals surface area contributed by atoms with Gasteiger partial charge in [0, 0.05) is 10.7 Å². The molecule has 0 saturated heterocycles. The molecule has 0 heterocycles. The minimum absolute atomic E-state index is 0.437. The van der Waals surface area contributed by atoms with Crippen molar-refractivity contribution in [1.82, 2.24) is 0 Å². The summed E-state index contributed by atoms with van der Waals surface area (Å²) in [4.78, 5) is 0. The minimum atomic E-state index is -0.478. The summed E-state index contributed by atoms with van der Waals surface area (Å²) in [7, 11) is 0. The second-order valence-corrected chi connectivity index (χ2v) is 5.72. The van der Waals surface area contributed by atoms with E-state index < -0.39 is 5.54 Å². The van der Waals surface area contributed by atoms with Gasteiger partial charge >= 0.3 is 0 Å². The van der Waals surface area contributed by atoms with E-state index in [9.17, 15) is 5.26 Å². The van der Waals surface area contributed by atoms with Crippen LogP contribution in [0, 0.1) is 17.2 Å². The lowest BCUT2D eigenvalue weighted by Crippen LogP contribution is -2.42. The number of rotatable bonds is 3. The van der Waals surface area contributed by atoms with Crippen LogP contribution in [0.15, 0.2) is 24.3 Å². The molecule has 18 heavy (non-hydrogen) atoms. The van der Waals surface area contributed by atoms with E-state index in [0.29, 0.717) is 5.92 Å². The van der Waals surface area contributed by atoms with Crippen LogP contribution in [-0.2, 0) is 0 Å². The third-order valence-corrected chi connectivity index (χ3v) is 4.15. The van der Waals surface area contributed by atoms with Gasteiger partial charge in [-0.2, -0.15) is 5.26 Å². The van der Waals surface area contributed by atoms with Gasteiger partial charge in [-0.1, -0.05) is 30.9 Å². The molecule has 0 spiro atoms. The highest BCUT2D eigenvalue weighted by atomic mass is 35.5. The van der Waals surface area contributed by atoms with Crippen LogP contribution in [0.25, 0.3) is 0 Å². The molecule has 2 rings (SSSR count). The maximum Gasteiger partial charge on any atom is 0.125 e. The normalized spacial score (nSPS) is 19.8. The summed E-state index contributed by atoms with van der Waals surface area (Å²) in [6, 6.07) is 10.0. The van der Waals surface area contributed by atoms with E-state index in [0.717, 1.165) is 23.6 Å². The van der Waals surface area contributed by atoms with E-state index in [1.54, 1.807) is 0 Å². The standard InChI is InChI=1S/C15H19ClN2/c1-15(11-17,12-5-3-2-4-6-12)18-14-9-7-13(16)8-10-14/h7-10,12,18H,2-6H2,1H3. The summed E-state index contributed by atoms with van der Waals surface area (Å²) in [5.74, 6) is 0.437. The van der Waals surface area contributed by atoms with Crippen molar-refractivity contribution in [3.63, 3.8) is 0 Å². The molecule has 0 amide bonds. The average Bonchev–Trinajstić information content (AvgIpc) is 2.42. The van der Waals surface area contributed by atoms with Crippen molar-refractivity contribution >= 4 is 17.3 Å². The maximum absolute atomic E-state index is 9.51. The van der Waals surface area contributed by atoms with Crippen LogP contribution >= 0.6 is 11.6 Å². The molecular formula is C15H19ClN2. The van der Waals surface area contributed by atoms with Gasteiger partial charge in [0.15, 0.2) is 0 Å². The van der Waals surface area contributed by atoms with Gasteiger partial charge < -0.3 is 5.32 Å². The molecule has 1 aliphatic rings. The number of anilines is 1. The Morgan fingerprint density at radius 3 is 2.39 bits per heavy atom. The molecule has 1 N–H and O–H groups in total. The Bertz CT molecular complexity index is 429. The first-order chi connectivity index (χ1) is 8.64. The molecule has 96 valence electrons. The lowest BCUT2D eigenvalue weighted by atomic mass is 9.76. The van der Waals surface area contributed by atoms with E-state index in [1.165, 1.54) is 19.3 Å². The molecule has 1 unspecified atom stereocenters. The predicted molar refractivity (Wildman–Crippen MR) is 75.7 cm³/mol. The van der Waals surface area contributed by atoms with Crippen LogP contribution < -0.4 is 5.32 Å². The predicted octanol–water partition coefficient (Wildman–Crippen LogP) is 4.61. The zero-order valence-electron chi connectivity index (χ0n) is 10.7. The zero-order chi connectivity index (χ0) is 13.0. The molecule has 3 heteroatoms. The number of nitrogens with one attached hydrogen (secondary N) is 1. The largest absolute Gasteiger partial charge is 0.367 e. The fourth-order valence-electron chi connectivity index (χ4n) is 2.73. The number of hydrogen-bond donors (Lipinski definition) is 1. The lowest BCUT2D eigenvalue weighted by Gasteiger charge is -2.35. The van der Waals surface area contributed by atoms with Crippen molar-refractivity contribution in [1.29, 1.82) is 5.26 Å². The Hall–Kier alpha value is -1.20. The second kappa shape index (κ2) is 5.63. The van der Waals surface area contributed by atoms with Gasteiger partial charge in [0.25, 0.3) is 0 Å². The van der Waals surface area contributed by atoms with Crippen molar-refractivity contribution in [2.24, 2.45) is 5.92 Å². The Morgan fingerprint density at radius 1 is 1.22 bits per heavy atom. The summed E-state index contributed by atoms with van der Waals surface area (Å²) in [6.45, 7) is 2.01. The number of hydrogen-bond acceptors (Lipinski definition) is 2. The van der Waals surface area contributed by atoms with Gasteiger partial charge in [0.2, 0.25) is 0 Å². The van der Waals surface area contributed by atoms with Gasteiger partial charge in [-0.3, -0.25) is 0 Å². The van der Waals surface area contributed by atoms with Crippen molar-refractivity contribution in [3.8, 4) is 6.07 Å². The molecule has 1 aliphatic carbocycles. The first kappa shape index (κ1) is 13.2. The summed E-state index contributed by atoms with van der Waals surface area (Å²) in [5, 5.41) is 13.6. The summed E-state index contributed by atoms with van der Waals surface area (Å²) in [6.07, 6.45) is 6.07. The molecule has 0 radical (unpaired) electrons. The summed E-state index contributed by atoms with van der Waals surface area (Å²) in [5.41, 5.74) is 0.489. The molecular weight excluding hydrogens is 244 g/mol. The topological polar surface area (TPSA) is 35.8 Å². The van der Waals surface area contributed by atoms with Gasteiger partial charge in [0.1, 0.15) is 5.54 Å². The van der Waals surface area contributed by atoms with Gasteiger partial charge in [0.05, 0.1) is 6.07 Å². The van der Waals surface area contributed by atoms with E-state index in [4.69, 9.17) is 11.6 Å². The molecule has 1 aromatic carbocycles. The van der Waals surface area contributed by atoms with Crippen molar-refractivity contribution < 1.29 is 0 Å². The van der Waals surface area contributed by atoms with E-state index in [-0.39, 0.29) is 0 Å². The Balaban J connectivity index is 2.12. The average molecular weight is 263 g/mol. The molecule has 0 aromatic heterocycles.